The van der Waals surface area contributed by atoms with E-state index in [4.69, 9.17) is 11.6 Å². The van der Waals surface area contributed by atoms with Gasteiger partial charge in [0, 0.05) is 30.9 Å². The maximum atomic E-state index is 9.41. The molecule has 0 bridgehead atoms. The van der Waals surface area contributed by atoms with E-state index in [1.54, 1.807) is 0 Å². The SMILES string of the molecule is CC(O)CC(C)CNCc1cn(C)nc1-c1ccccc1Cl. The fourth-order valence-corrected chi connectivity index (χ4v) is 2.89. The summed E-state index contributed by atoms with van der Waals surface area (Å²) in [6.07, 6.45) is 2.57. The van der Waals surface area contributed by atoms with E-state index >= 15 is 0 Å². The van der Waals surface area contributed by atoms with Gasteiger partial charge in [0.1, 0.15) is 0 Å². The Bertz CT molecular complexity index is 610. The van der Waals surface area contributed by atoms with Crippen LogP contribution in [0, 0.1) is 5.92 Å². The molecule has 0 aliphatic rings. The number of nitrogens with one attached hydrogen (secondary N) is 1. The molecule has 1 heterocycles. The molecule has 2 unspecified atom stereocenters. The minimum atomic E-state index is -0.256. The molecule has 0 aliphatic carbocycles. The Morgan fingerprint density at radius 2 is 2.05 bits per heavy atom. The highest BCUT2D eigenvalue weighted by Crippen LogP contribution is 2.28. The van der Waals surface area contributed by atoms with Crippen molar-refractivity contribution in [2.45, 2.75) is 32.9 Å². The smallest absolute Gasteiger partial charge is 0.0982 e. The fourth-order valence-electron chi connectivity index (χ4n) is 2.67. The summed E-state index contributed by atoms with van der Waals surface area (Å²) in [6.45, 7) is 5.56. The van der Waals surface area contributed by atoms with Gasteiger partial charge in [-0.1, -0.05) is 36.7 Å². The van der Waals surface area contributed by atoms with Crippen LogP contribution in [0.4, 0.5) is 0 Å². The largest absolute Gasteiger partial charge is 0.393 e. The van der Waals surface area contributed by atoms with Crippen LogP contribution in [0.15, 0.2) is 30.5 Å². The van der Waals surface area contributed by atoms with Gasteiger partial charge in [0.05, 0.1) is 16.8 Å². The van der Waals surface area contributed by atoms with Gasteiger partial charge < -0.3 is 10.4 Å². The lowest BCUT2D eigenvalue weighted by molar-refractivity contribution is 0.163. The highest BCUT2D eigenvalue weighted by Gasteiger charge is 2.13. The molecule has 0 amide bonds. The Hall–Kier alpha value is -1.36. The van der Waals surface area contributed by atoms with Crippen molar-refractivity contribution >= 4 is 11.6 Å². The van der Waals surface area contributed by atoms with Gasteiger partial charge in [-0.15, -0.1) is 0 Å². The number of benzene rings is 1. The summed E-state index contributed by atoms with van der Waals surface area (Å²) in [5, 5.41) is 18.1. The molecule has 0 fully saturated rings. The van der Waals surface area contributed by atoms with Crippen LogP contribution >= 0.6 is 11.6 Å². The van der Waals surface area contributed by atoms with E-state index in [0.29, 0.717) is 10.9 Å². The number of hydrogen-bond donors (Lipinski definition) is 2. The van der Waals surface area contributed by atoms with Crippen molar-refractivity contribution < 1.29 is 5.11 Å². The first-order chi connectivity index (χ1) is 10.5. The lowest BCUT2D eigenvalue weighted by Crippen LogP contribution is -2.23. The van der Waals surface area contributed by atoms with E-state index in [2.05, 4.69) is 17.3 Å². The number of aromatic nitrogens is 2. The van der Waals surface area contributed by atoms with Gasteiger partial charge in [-0.25, -0.2) is 0 Å². The van der Waals surface area contributed by atoms with Gasteiger partial charge in [0.25, 0.3) is 0 Å². The molecular formula is C17H24ClN3O. The third kappa shape index (κ3) is 4.57. The topological polar surface area (TPSA) is 50.1 Å². The van der Waals surface area contributed by atoms with Crippen molar-refractivity contribution in [1.29, 1.82) is 0 Å². The summed E-state index contributed by atoms with van der Waals surface area (Å²) >= 11 is 6.28. The molecule has 0 aliphatic heterocycles. The molecule has 0 saturated heterocycles. The minimum Gasteiger partial charge on any atom is -0.393 e. The van der Waals surface area contributed by atoms with Gasteiger partial charge in [-0.2, -0.15) is 5.10 Å². The molecule has 2 rings (SSSR count). The van der Waals surface area contributed by atoms with Crippen molar-refractivity contribution in [3.05, 3.63) is 41.0 Å². The first kappa shape index (κ1) is 17.0. The van der Waals surface area contributed by atoms with Gasteiger partial charge in [-0.05, 0) is 31.9 Å². The number of rotatable bonds is 7. The van der Waals surface area contributed by atoms with Gasteiger partial charge in [0.2, 0.25) is 0 Å². The van der Waals surface area contributed by atoms with E-state index in [1.807, 2.05) is 49.1 Å². The molecular weight excluding hydrogens is 298 g/mol. The van der Waals surface area contributed by atoms with Crippen LogP contribution < -0.4 is 5.32 Å². The van der Waals surface area contributed by atoms with Gasteiger partial charge in [-0.3, -0.25) is 4.68 Å². The molecule has 2 N–H and O–H groups in total. The van der Waals surface area contributed by atoms with Crippen LogP contribution in [-0.2, 0) is 13.6 Å². The van der Waals surface area contributed by atoms with Crippen molar-refractivity contribution in [2.75, 3.05) is 6.54 Å². The van der Waals surface area contributed by atoms with E-state index in [-0.39, 0.29) is 6.10 Å². The third-order valence-electron chi connectivity index (χ3n) is 3.59. The second kappa shape index (κ2) is 7.77. The zero-order valence-corrected chi connectivity index (χ0v) is 14.1. The van der Waals surface area contributed by atoms with Gasteiger partial charge in [0.15, 0.2) is 0 Å². The average Bonchev–Trinajstić information content (AvgIpc) is 2.79. The first-order valence-electron chi connectivity index (χ1n) is 7.63. The number of nitrogens with zero attached hydrogens (tertiary/aromatic N) is 2. The number of aliphatic hydroxyl groups is 1. The van der Waals surface area contributed by atoms with Crippen molar-refractivity contribution in [3.63, 3.8) is 0 Å². The summed E-state index contributed by atoms with van der Waals surface area (Å²) in [5.74, 6) is 0.431. The van der Waals surface area contributed by atoms with Crippen molar-refractivity contribution in [1.82, 2.24) is 15.1 Å². The number of halogens is 1. The molecule has 0 saturated carbocycles. The number of aryl methyl sites for hydroxylation is 1. The lowest BCUT2D eigenvalue weighted by Gasteiger charge is -2.14. The standard InChI is InChI=1S/C17H24ClN3O/c1-12(8-13(2)22)9-19-10-14-11-21(3)20-17(14)15-6-4-5-7-16(15)18/h4-7,11-13,19,22H,8-10H2,1-3H3. The summed E-state index contributed by atoms with van der Waals surface area (Å²) < 4.78 is 1.81. The average molecular weight is 322 g/mol. The summed E-state index contributed by atoms with van der Waals surface area (Å²) in [7, 11) is 1.92. The van der Waals surface area contributed by atoms with Gasteiger partial charge >= 0.3 is 0 Å². The Balaban J connectivity index is 2.05. The Morgan fingerprint density at radius 1 is 1.32 bits per heavy atom. The predicted octanol–water partition coefficient (Wildman–Crippen LogP) is 3.24. The summed E-state index contributed by atoms with van der Waals surface area (Å²) in [4.78, 5) is 0. The molecule has 0 spiro atoms. The second-order valence-corrected chi connectivity index (χ2v) is 6.38. The number of hydrogen-bond acceptors (Lipinski definition) is 3. The number of aliphatic hydroxyl groups excluding tert-OH is 1. The Labute approximate surface area is 137 Å². The molecule has 4 nitrogen and oxygen atoms in total. The van der Waals surface area contributed by atoms with E-state index in [1.165, 1.54) is 0 Å². The van der Waals surface area contributed by atoms with E-state index in [0.717, 1.165) is 36.3 Å². The molecule has 2 atom stereocenters. The molecule has 0 radical (unpaired) electrons. The zero-order chi connectivity index (χ0) is 16.1. The molecule has 22 heavy (non-hydrogen) atoms. The van der Waals surface area contributed by atoms with Crippen LogP contribution in [0.5, 0.6) is 0 Å². The third-order valence-corrected chi connectivity index (χ3v) is 3.91. The second-order valence-electron chi connectivity index (χ2n) is 5.98. The van der Waals surface area contributed by atoms with Crippen LogP contribution in [-0.4, -0.2) is 27.5 Å². The molecule has 120 valence electrons. The summed E-state index contributed by atoms with van der Waals surface area (Å²) in [6, 6.07) is 7.76. The van der Waals surface area contributed by atoms with Crippen LogP contribution in [0.2, 0.25) is 5.02 Å². The predicted molar refractivity (Wildman–Crippen MR) is 90.8 cm³/mol. The molecule has 1 aromatic carbocycles. The summed E-state index contributed by atoms with van der Waals surface area (Å²) in [5.41, 5.74) is 3.00. The van der Waals surface area contributed by atoms with Crippen molar-refractivity contribution in [3.8, 4) is 11.3 Å². The molecule has 2 aromatic rings. The van der Waals surface area contributed by atoms with Crippen molar-refractivity contribution in [2.24, 2.45) is 13.0 Å². The Morgan fingerprint density at radius 3 is 2.73 bits per heavy atom. The molecule has 1 aromatic heterocycles. The zero-order valence-electron chi connectivity index (χ0n) is 13.4. The van der Waals surface area contributed by atoms with Crippen LogP contribution in [0.25, 0.3) is 11.3 Å². The fraction of sp³-hybridized carbons (Fsp3) is 0.471. The lowest BCUT2D eigenvalue weighted by atomic mass is 10.0. The van der Waals surface area contributed by atoms with Crippen LogP contribution in [0.3, 0.4) is 0 Å². The quantitative estimate of drug-likeness (QED) is 0.823. The minimum absolute atomic E-state index is 0.256. The molecule has 5 heteroatoms. The maximum absolute atomic E-state index is 9.41. The van der Waals surface area contributed by atoms with E-state index in [9.17, 15) is 5.11 Å². The monoisotopic (exact) mass is 321 g/mol. The van der Waals surface area contributed by atoms with Crippen LogP contribution in [0.1, 0.15) is 25.8 Å². The highest BCUT2D eigenvalue weighted by atomic mass is 35.5. The maximum Gasteiger partial charge on any atom is 0.0982 e. The first-order valence-corrected chi connectivity index (χ1v) is 8.01. The Kier molecular flexibility index (Phi) is 6.00. The van der Waals surface area contributed by atoms with E-state index < -0.39 is 0 Å². The highest BCUT2D eigenvalue weighted by molar-refractivity contribution is 6.33. The normalized spacial score (nSPS) is 14.0.